The molecule has 1 aliphatic carbocycles. The number of aromatic nitrogens is 1. The number of methoxy groups -OCH3 is 1. The van der Waals surface area contributed by atoms with E-state index in [-0.39, 0.29) is 11.5 Å². The van der Waals surface area contributed by atoms with Gasteiger partial charge in [0.1, 0.15) is 0 Å². The van der Waals surface area contributed by atoms with Crippen LogP contribution in [0.3, 0.4) is 0 Å². The van der Waals surface area contributed by atoms with Gasteiger partial charge in [-0.2, -0.15) is 0 Å². The normalized spacial score (nSPS) is 16.4. The maximum atomic E-state index is 5.73. The maximum Gasteiger partial charge on any atom is 0.213 e. The fourth-order valence-corrected chi connectivity index (χ4v) is 2.47. The zero-order valence-corrected chi connectivity index (χ0v) is 16.1. The van der Waals surface area contributed by atoms with Crippen LogP contribution >= 0.6 is 0 Å². The summed E-state index contributed by atoms with van der Waals surface area (Å²) in [5.41, 5.74) is 1.18. The molecule has 1 fully saturated rings. The van der Waals surface area contributed by atoms with Crippen LogP contribution in [0, 0.1) is 11.3 Å². The summed E-state index contributed by atoms with van der Waals surface area (Å²) in [4.78, 5) is 8.55. The summed E-state index contributed by atoms with van der Waals surface area (Å²) in [6.07, 6.45) is 4.45. The number of guanidine groups is 1. The number of rotatable bonds is 8. The Bertz CT molecular complexity index is 565. The number of hydrogen-bond donors (Lipinski definition) is 2. The molecular weight excluding hydrogens is 316 g/mol. The summed E-state index contributed by atoms with van der Waals surface area (Å²) in [5, 5.41) is 6.65. The van der Waals surface area contributed by atoms with Crippen molar-refractivity contribution in [2.45, 2.75) is 46.3 Å². The molecule has 1 aliphatic rings. The van der Waals surface area contributed by atoms with Gasteiger partial charge in [-0.05, 0) is 35.8 Å². The fourth-order valence-electron chi connectivity index (χ4n) is 2.47. The van der Waals surface area contributed by atoms with Gasteiger partial charge in [0.2, 0.25) is 5.88 Å². The van der Waals surface area contributed by atoms with Gasteiger partial charge in [-0.25, -0.2) is 4.98 Å². The van der Waals surface area contributed by atoms with Gasteiger partial charge in [-0.1, -0.05) is 20.8 Å². The molecule has 0 aliphatic heterocycles. The number of ether oxygens (including phenoxy) is 2. The molecule has 1 atom stereocenters. The topological polar surface area (TPSA) is 67.8 Å². The lowest BCUT2D eigenvalue weighted by Gasteiger charge is -2.30. The zero-order valence-electron chi connectivity index (χ0n) is 16.1. The van der Waals surface area contributed by atoms with Gasteiger partial charge >= 0.3 is 0 Å². The van der Waals surface area contributed by atoms with E-state index in [1.807, 2.05) is 12.1 Å². The van der Waals surface area contributed by atoms with Gasteiger partial charge in [0, 0.05) is 39.5 Å². The molecule has 0 amide bonds. The van der Waals surface area contributed by atoms with Crippen LogP contribution in [0.4, 0.5) is 0 Å². The van der Waals surface area contributed by atoms with E-state index < -0.39 is 0 Å². The van der Waals surface area contributed by atoms with Crippen LogP contribution in [0.2, 0.25) is 0 Å². The Morgan fingerprint density at radius 2 is 2.12 bits per heavy atom. The lowest BCUT2D eigenvalue weighted by atomic mass is 9.89. The molecule has 1 unspecified atom stereocenters. The lowest BCUT2D eigenvalue weighted by molar-refractivity contribution is 0.0205. The molecule has 0 radical (unpaired) electrons. The molecule has 0 spiro atoms. The third-order valence-corrected chi connectivity index (χ3v) is 4.35. The minimum absolute atomic E-state index is 0.0689. The van der Waals surface area contributed by atoms with Crippen LogP contribution in [-0.4, -0.2) is 44.4 Å². The second-order valence-electron chi connectivity index (χ2n) is 7.65. The summed E-state index contributed by atoms with van der Waals surface area (Å²) < 4.78 is 11.3. The quantitative estimate of drug-likeness (QED) is 0.558. The van der Waals surface area contributed by atoms with Crippen molar-refractivity contribution >= 4 is 5.96 Å². The molecule has 25 heavy (non-hydrogen) atoms. The summed E-state index contributed by atoms with van der Waals surface area (Å²) in [6, 6.07) is 3.97. The van der Waals surface area contributed by atoms with Gasteiger partial charge in [0.05, 0.1) is 12.7 Å². The molecule has 1 heterocycles. The van der Waals surface area contributed by atoms with Crippen molar-refractivity contribution in [2.75, 3.05) is 27.3 Å². The molecule has 2 N–H and O–H groups in total. The molecule has 6 nitrogen and oxygen atoms in total. The van der Waals surface area contributed by atoms with Gasteiger partial charge in [0.25, 0.3) is 0 Å². The van der Waals surface area contributed by atoms with E-state index in [4.69, 9.17) is 9.47 Å². The van der Waals surface area contributed by atoms with E-state index in [2.05, 4.69) is 41.4 Å². The van der Waals surface area contributed by atoms with Gasteiger partial charge in [0.15, 0.2) is 5.96 Å². The van der Waals surface area contributed by atoms with Crippen LogP contribution in [0.15, 0.2) is 23.3 Å². The Morgan fingerprint density at radius 3 is 2.72 bits per heavy atom. The van der Waals surface area contributed by atoms with Crippen molar-refractivity contribution in [3.8, 4) is 5.88 Å². The van der Waals surface area contributed by atoms with Crippen LogP contribution in [0.1, 0.15) is 39.2 Å². The molecule has 0 aromatic carbocycles. The smallest absolute Gasteiger partial charge is 0.213 e. The third-order valence-electron chi connectivity index (χ3n) is 4.35. The van der Waals surface area contributed by atoms with E-state index >= 15 is 0 Å². The summed E-state index contributed by atoms with van der Waals surface area (Å²) in [7, 11) is 3.51. The maximum absolute atomic E-state index is 5.73. The Morgan fingerprint density at radius 1 is 1.36 bits per heavy atom. The lowest BCUT2D eigenvalue weighted by Crippen LogP contribution is -2.45. The molecule has 0 saturated heterocycles. The summed E-state index contributed by atoms with van der Waals surface area (Å²) in [6.45, 7) is 8.64. The Balaban J connectivity index is 1.80. The van der Waals surface area contributed by atoms with Crippen molar-refractivity contribution < 1.29 is 9.47 Å². The molecular formula is C19H32N4O2. The van der Waals surface area contributed by atoms with Crippen LogP contribution in [-0.2, 0) is 11.3 Å². The first kappa shape index (κ1) is 19.5. The zero-order chi connectivity index (χ0) is 18.3. The molecule has 1 aromatic rings. The highest BCUT2D eigenvalue weighted by atomic mass is 16.5. The highest BCUT2D eigenvalue weighted by Crippen LogP contribution is 2.29. The van der Waals surface area contributed by atoms with E-state index in [1.54, 1.807) is 20.4 Å². The monoisotopic (exact) mass is 348 g/mol. The standard InChI is InChI=1S/C19H32N4O2/c1-19(2,3)16(24-5)12-23-18(20-4)22-11-15-8-9-21-17(10-15)25-13-14-6-7-14/h8-10,14,16H,6-7,11-13H2,1-5H3,(H2,20,22,23). The van der Waals surface area contributed by atoms with Crippen LogP contribution in [0.25, 0.3) is 0 Å². The Kier molecular flexibility index (Phi) is 7.05. The summed E-state index contributed by atoms with van der Waals surface area (Å²) >= 11 is 0. The average Bonchev–Trinajstić information content (AvgIpc) is 3.40. The van der Waals surface area contributed by atoms with Gasteiger partial charge in [-0.15, -0.1) is 0 Å². The highest BCUT2D eigenvalue weighted by Gasteiger charge is 2.24. The van der Waals surface area contributed by atoms with E-state index in [1.165, 1.54) is 12.8 Å². The van der Waals surface area contributed by atoms with Gasteiger partial charge < -0.3 is 20.1 Å². The van der Waals surface area contributed by atoms with E-state index in [0.717, 1.165) is 24.0 Å². The van der Waals surface area contributed by atoms with Crippen molar-refractivity contribution in [3.63, 3.8) is 0 Å². The molecule has 1 aromatic heterocycles. The predicted octanol–water partition coefficient (Wildman–Crippen LogP) is 2.60. The SMILES string of the molecule is CN=C(NCc1ccnc(OCC2CC2)c1)NCC(OC)C(C)(C)C. The van der Waals surface area contributed by atoms with E-state index in [9.17, 15) is 0 Å². The number of aliphatic imine (C=N–C) groups is 1. The van der Waals surface area contributed by atoms with Crippen LogP contribution < -0.4 is 15.4 Å². The minimum atomic E-state index is 0.0689. The van der Waals surface area contributed by atoms with Crippen molar-refractivity contribution in [1.82, 2.24) is 15.6 Å². The van der Waals surface area contributed by atoms with Crippen LogP contribution in [0.5, 0.6) is 5.88 Å². The molecule has 140 valence electrons. The third kappa shape index (κ3) is 6.90. The second kappa shape index (κ2) is 9.04. The number of pyridine rings is 1. The number of nitrogens with one attached hydrogen (secondary N) is 2. The second-order valence-corrected chi connectivity index (χ2v) is 7.65. The molecule has 2 rings (SSSR count). The molecule has 6 heteroatoms. The first-order valence-corrected chi connectivity index (χ1v) is 8.97. The molecule has 1 saturated carbocycles. The largest absolute Gasteiger partial charge is 0.477 e. The number of hydrogen-bond acceptors (Lipinski definition) is 4. The summed E-state index contributed by atoms with van der Waals surface area (Å²) in [5.74, 6) is 2.17. The van der Waals surface area contributed by atoms with E-state index in [0.29, 0.717) is 19.0 Å². The first-order valence-electron chi connectivity index (χ1n) is 8.97. The van der Waals surface area contributed by atoms with Crippen molar-refractivity contribution in [3.05, 3.63) is 23.9 Å². The Hall–Kier alpha value is -1.82. The molecule has 0 bridgehead atoms. The van der Waals surface area contributed by atoms with Gasteiger partial charge in [-0.3, -0.25) is 4.99 Å². The first-order chi connectivity index (χ1) is 11.9. The highest BCUT2D eigenvalue weighted by molar-refractivity contribution is 5.79. The Labute approximate surface area is 151 Å². The average molecular weight is 348 g/mol. The predicted molar refractivity (Wildman–Crippen MR) is 101 cm³/mol. The minimum Gasteiger partial charge on any atom is -0.477 e. The fraction of sp³-hybridized carbons (Fsp3) is 0.684. The van der Waals surface area contributed by atoms with Crippen molar-refractivity contribution in [2.24, 2.45) is 16.3 Å². The number of nitrogens with zero attached hydrogens (tertiary/aromatic N) is 2. The van der Waals surface area contributed by atoms with Crippen molar-refractivity contribution in [1.29, 1.82) is 0 Å².